The second-order valence-corrected chi connectivity index (χ2v) is 14.4. The molecule has 0 saturated heterocycles. The summed E-state index contributed by atoms with van der Waals surface area (Å²) in [4.78, 5) is 18.1. The maximum Gasteiger partial charge on any atom is 0.239 e. The molecule has 248 valence electrons. The zero-order valence-electron chi connectivity index (χ0n) is 28.4. The van der Waals surface area contributed by atoms with E-state index in [1.165, 1.54) is 37.2 Å². The Hall–Kier alpha value is -6.76. The highest BCUT2D eigenvalue weighted by molar-refractivity contribution is 7.99. The quantitative estimate of drug-likeness (QED) is 0.180. The molecule has 0 fully saturated rings. The Labute approximate surface area is 309 Å². The average Bonchev–Trinajstić information content (AvgIpc) is 3.76. The molecule has 5 nitrogen and oxygen atoms in total. The fourth-order valence-electron chi connectivity index (χ4n) is 7.76. The lowest BCUT2D eigenvalue weighted by Crippen LogP contribution is -2.10. The molecule has 0 aliphatic carbocycles. The molecule has 1 aliphatic rings. The molecule has 0 bridgehead atoms. The molecule has 0 unspecified atom stereocenters. The van der Waals surface area contributed by atoms with Gasteiger partial charge in [-0.05, 0) is 52.6 Å². The Morgan fingerprint density at radius 3 is 1.72 bits per heavy atom. The van der Waals surface area contributed by atoms with Crippen molar-refractivity contribution in [3.8, 4) is 56.7 Å². The van der Waals surface area contributed by atoms with Gasteiger partial charge in [-0.25, -0.2) is 4.98 Å². The Balaban J connectivity index is 1.14. The van der Waals surface area contributed by atoms with Gasteiger partial charge in [-0.3, -0.25) is 9.13 Å². The minimum absolute atomic E-state index is 0.580. The van der Waals surface area contributed by atoms with E-state index in [0.717, 1.165) is 44.5 Å². The van der Waals surface area contributed by atoms with E-state index in [9.17, 15) is 0 Å². The summed E-state index contributed by atoms with van der Waals surface area (Å²) >= 11 is 1.83. The molecule has 0 radical (unpaired) electrons. The van der Waals surface area contributed by atoms with E-state index >= 15 is 0 Å². The fraction of sp³-hybridized carbons (Fsp3) is 0. The van der Waals surface area contributed by atoms with Crippen molar-refractivity contribution in [1.82, 2.24) is 24.1 Å². The molecule has 7 aromatic carbocycles. The van der Waals surface area contributed by atoms with Crippen molar-refractivity contribution in [2.24, 2.45) is 0 Å². The van der Waals surface area contributed by atoms with Crippen LogP contribution in [-0.4, -0.2) is 24.1 Å². The van der Waals surface area contributed by atoms with Crippen molar-refractivity contribution in [2.45, 2.75) is 9.79 Å². The molecule has 1 aliphatic heterocycles. The summed E-state index contributed by atoms with van der Waals surface area (Å²) in [6, 6.07) is 61.8. The van der Waals surface area contributed by atoms with Crippen molar-refractivity contribution in [1.29, 1.82) is 0 Å². The molecular weight excluding hydrogens is 667 g/mol. The maximum atomic E-state index is 5.29. The summed E-state index contributed by atoms with van der Waals surface area (Å²) in [5.74, 6) is 1.83. The Bertz CT molecular complexity index is 3020. The van der Waals surface area contributed by atoms with E-state index in [1.54, 1.807) is 0 Å². The smallest absolute Gasteiger partial charge is 0.239 e. The first-order valence-corrected chi connectivity index (χ1v) is 18.5. The van der Waals surface area contributed by atoms with Crippen LogP contribution in [0.5, 0.6) is 0 Å². The number of hydrogen-bond donors (Lipinski definition) is 0. The van der Waals surface area contributed by atoms with Crippen molar-refractivity contribution in [2.75, 3.05) is 0 Å². The van der Waals surface area contributed by atoms with Crippen molar-refractivity contribution < 1.29 is 0 Å². The van der Waals surface area contributed by atoms with E-state index in [0.29, 0.717) is 17.6 Å². The fourth-order valence-corrected chi connectivity index (χ4v) is 8.85. The molecule has 10 aromatic rings. The van der Waals surface area contributed by atoms with E-state index < -0.39 is 0 Å². The van der Waals surface area contributed by atoms with Crippen LogP contribution in [-0.2, 0) is 0 Å². The van der Waals surface area contributed by atoms with E-state index in [1.807, 2.05) is 30.0 Å². The molecule has 6 heteroatoms. The normalized spacial score (nSPS) is 12.1. The molecular formula is C47H29N5S. The number of hydrogen-bond acceptors (Lipinski definition) is 4. The molecule has 0 saturated carbocycles. The van der Waals surface area contributed by atoms with Crippen molar-refractivity contribution in [3.05, 3.63) is 176 Å². The lowest BCUT2D eigenvalue weighted by Gasteiger charge is -2.20. The van der Waals surface area contributed by atoms with Gasteiger partial charge in [0.05, 0.1) is 16.7 Å². The van der Waals surface area contributed by atoms with Gasteiger partial charge in [0.25, 0.3) is 0 Å². The second kappa shape index (κ2) is 11.9. The second-order valence-electron chi connectivity index (χ2n) is 13.3. The van der Waals surface area contributed by atoms with Crippen LogP contribution in [0.25, 0.3) is 89.5 Å². The Kier molecular flexibility index (Phi) is 6.72. The number of fused-ring (bicyclic) bond motifs is 7. The van der Waals surface area contributed by atoms with Gasteiger partial charge in [-0.2, -0.15) is 9.97 Å². The van der Waals surface area contributed by atoms with Crippen LogP contribution >= 0.6 is 11.8 Å². The molecule has 0 amide bonds. The zero-order valence-corrected chi connectivity index (χ0v) is 29.2. The molecule has 0 spiro atoms. The highest BCUT2D eigenvalue weighted by Gasteiger charge is 2.28. The standard InChI is InChI=1S/C47H29N5S/c1-3-13-30(14-4-1)34-17-11-18-35(29-34)31-25-27-33(28-26-31)45-48-44(32-15-5-2-6-16-32)49-47(50-45)52-38-21-8-7-19-36(38)42-37-20-12-24-41-43(37)51(46(42)52)39-22-9-10-23-40(39)53-41/h1-29H. The van der Waals surface area contributed by atoms with Crippen LogP contribution in [0.4, 0.5) is 0 Å². The third-order valence-electron chi connectivity index (χ3n) is 10.2. The maximum absolute atomic E-state index is 5.29. The summed E-state index contributed by atoms with van der Waals surface area (Å²) in [6.07, 6.45) is 0. The zero-order chi connectivity index (χ0) is 34.9. The van der Waals surface area contributed by atoms with Crippen LogP contribution in [0.15, 0.2) is 186 Å². The lowest BCUT2D eigenvalue weighted by atomic mass is 9.98. The van der Waals surface area contributed by atoms with Crippen molar-refractivity contribution >= 4 is 44.6 Å². The van der Waals surface area contributed by atoms with Gasteiger partial charge >= 0.3 is 0 Å². The van der Waals surface area contributed by atoms with E-state index in [2.05, 4.69) is 167 Å². The molecule has 53 heavy (non-hydrogen) atoms. The molecule has 4 heterocycles. The summed E-state index contributed by atoms with van der Waals surface area (Å²) in [7, 11) is 0. The van der Waals surface area contributed by atoms with Crippen LogP contribution < -0.4 is 0 Å². The topological polar surface area (TPSA) is 48.5 Å². The Morgan fingerprint density at radius 2 is 0.943 bits per heavy atom. The van der Waals surface area contributed by atoms with E-state index in [-0.39, 0.29) is 0 Å². The highest BCUT2D eigenvalue weighted by Crippen LogP contribution is 2.49. The SMILES string of the molecule is c1ccc(-c2cccc(-c3ccc(-c4nc(-c5ccccc5)nc(-n5c6ccccc6c6c7cccc8c7n(c65)-c5ccccc5S8)n4)cc3)c2)cc1. The highest BCUT2D eigenvalue weighted by atomic mass is 32.2. The monoisotopic (exact) mass is 695 g/mol. The first-order chi connectivity index (χ1) is 26.3. The van der Waals surface area contributed by atoms with Gasteiger partial charge < -0.3 is 0 Å². The van der Waals surface area contributed by atoms with Gasteiger partial charge in [-0.1, -0.05) is 157 Å². The molecule has 3 aromatic heterocycles. The first kappa shape index (κ1) is 29.9. The van der Waals surface area contributed by atoms with Gasteiger partial charge in [0.1, 0.15) is 5.65 Å². The third-order valence-corrected chi connectivity index (χ3v) is 11.3. The number of aromatic nitrogens is 5. The van der Waals surface area contributed by atoms with Gasteiger partial charge in [-0.15, -0.1) is 0 Å². The number of benzene rings is 7. The van der Waals surface area contributed by atoms with Crippen LogP contribution in [0.3, 0.4) is 0 Å². The molecule has 0 atom stereocenters. The van der Waals surface area contributed by atoms with Crippen LogP contribution in [0.1, 0.15) is 0 Å². The van der Waals surface area contributed by atoms with Crippen LogP contribution in [0, 0.1) is 0 Å². The van der Waals surface area contributed by atoms with Crippen molar-refractivity contribution in [3.63, 3.8) is 0 Å². The number of nitrogens with zero attached hydrogens (tertiary/aromatic N) is 5. The van der Waals surface area contributed by atoms with Crippen LogP contribution in [0.2, 0.25) is 0 Å². The minimum atomic E-state index is 0.580. The summed E-state index contributed by atoms with van der Waals surface area (Å²) in [5, 5.41) is 3.58. The summed E-state index contributed by atoms with van der Waals surface area (Å²) in [5.41, 5.74) is 11.0. The summed E-state index contributed by atoms with van der Waals surface area (Å²) in [6.45, 7) is 0. The molecule has 0 N–H and O–H groups in total. The predicted octanol–water partition coefficient (Wildman–Crippen LogP) is 12.0. The average molecular weight is 696 g/mol. The number of para-hydroxylation sites is 3. The Morgan fingerprint density at radius 1 is 0.396 bits per heavy atom. The third kappa shape index (κ3) is 4.76. The van der Waals surface area contributed by atoms with Gasteiger partial charge in [0.2, 0.25) is 5.95 Å². The number of rotatable bonds is 5. The summed E-state index contributed by atoms with van der Waals surface area (Å²) < 4.78 is 4.65. The van der Waals surface area contributed by atoms with Gasteiger partial charge in [0, 0.05) is 37.1 Å². The largest absolute Gasteiger partial charge is 0.293 e. The van der Waals surface area contributed by atoms with Gasteiger partial charge in [0.15, 0.2) is 11.6 Å². The lowest BCUT2D eigenvalue weighted by molar-refractivity contribution is 0.927. The first-order valence-electron chi connectivity index (χ1n) is 17.7. The predicted molar refractivity (Wildman–Crippen MR) is 217 cm³/mol. The molecule has 11 rings (SSSR count). The van der Waals surface area contributed by atoms with E-state index in [4.69, 9.17) is 15.0 Å². The minimum Gasteiger partial charge on any atom is -0.293 e.